The normalized spacial score (nSPS) is 14.2. The zero-order valence-corrected chi connectivity index (χ0v) is 14.4. The summed E-state index contributed by atoms with van der Waals surface area (Å²) in [5.41, 5.74) is 7.80. The third-order valence-corrected chi connectivity index (χ3v) is 4.43. The highest BCUT2D eigenvalue weighted by Crippen LogP contribution is 2.21. The van der Waals surface area contributed by atoms with E-state index >= 15 is 0 Å². The second-order valence-corrected chi connectivity index (χ2v) is 6.30. The van der Waals surface area contributed by atoms with Gasteiger partial charge < -0.3 is 16.0 Å². The first-order chi connectivity index (χ1) is 12.5. The molecule has 6 heteroatoms. The second-order valence-electron chi connectivity index (χ2n) is 6.30. The van der Waals surface area contributed by atoms with Crippen LogP contribution in [-0.2, 0) is 11.3 Å². The molecule has 1 fully saturated rings. The van der Waals surface area contributed by atoms with Crippen LogP contribution in [0.5, 0.6) is 0 Å². The van der Waals surface area contributed by atoms with Crippen LogP contribution in [0.3, 0.4) is 0 Å². The van der Waals surface area contributed by atoms with Crippen molar-refractivity contribution in [1.29, 1.82) is 0 Å². The highest BCUT2D eigenvalue weighted by atomic mass is 16.2. The molecule has 2 aromatic rings. The Labute approximate surface area is 152 Å². The zero-order chi connectivity index (χ0) is 18.5. The minimum atomic E-state index is -0.499. The number of nitrogens with one attached hydrogen (secondary N) is 1. The Morgan fingerprint density at radius 2 is 1.81 bits per heavy atom. The molecular weight excluding hydrogens is 330 g/mol. The molecule has 0 spiro atoms. The first-order valence-corrected chi connectivity index (χ1v) is 8.62. The molecule has 0 radical (unpaired) electrons. The topological polar surface area (TPSA) is 92.5 Å². The molecule has 26 heavy (non-hydrogen) atoms. The van der Waals surface area contributed by atoms with Crippen LogP contribution in [0.25, 0.3) is 0 Å². The maximum absolute atomic E-state index is 12.3. The molecule has 3 amide bonds. The number of hydrogen-bond acceptors (Lipinski definition) is 3. The van der Waals surface area contributed by atoms with E-state index in [0.717, 1.165) is 30.6 Å². The van der Waals surface area contributed by atoms with E-state index < -0.39 is 5.91 Å². The van der Waals surface area contributed by atoms with Gasteiger partial charge in [0.2, 0.25) is 11.8 Å². The summed E-state index contributed by atoms with van der Waals surface area (Å²) in [5.74, 6) is -0.588. The fourth-order valence-electron chi connectivity index (χ4n) is 2.99. The van der Waals surface area contributed by atoms with Crippen molar-refractivity contribution in [3.05, 3.63) is 65.2 Å². The number of anilines is 1. The predicted octanol–water partition coefficient (Wildman–Crippen LogP) is 2.23. The molecule has 0 saturated carbocycles. The molecule has 0 aliphatic carbocycles. The standard InChI is InChI=1S/C20H21N3O3/c21-19(25)16-5-3-4-14(12-16)13-22-20(26)15-7-9-17(10-8-15)23-11-2-1-6-18(23)24/h3-5,7-10,12H,1-2,6,11,13H2,(H2,21,25)(H,22,26). The molecule has 1 aliphatic heterocycles. The van der Waals surface area contributed by atoms with Crippen LogP contribution in [0.4, 0.5) is 5.69 Å². The van der Waals surface area contributed by atoms with Gasteiger partial charge in [-0.15, -0.1) is 0 Å². The third kappa shape index (κ3) is 4.08. The van der Waals surface area contributed by atoms with Crippen molar-refractivity contribution >= 4 is 23.4 Å². The smallest absolute Gasteiger partial charge is 0.251 e. The molecule has 1 heterocycles. The van der Waals surface area contributed by atoms with Gasteiger partial charge in [-0.2, -0.15) is 0 Å². The summed E-state index contributed by atoms with van der Waals surface area (Å²) in [4.78, 5) is 37.2. The summed E-state index contributed by atoms with van der Waals surface area (Å²) in [7, 11) is 0. The Bertz CT molecular complexity index is 830. The largest absolute Gasteiger partial charge is 0.366 e. The Morgan fingerprint density at radius 1 is 1.04 bits per heavy atom. The van der Waals surface area contributed by atoms with Gasteiger partial charge in [0.25, 0.3) is 5.91 Å². The van der Waals surface area contributed by atoms with E-state index in [2.05, 4.69) is 5.32 Å². The van der Waals surface area contributed by atoms with Crippen molar-refractivity contribution in [2.45, 2.75) is 25.8 Å². The highest BCUT2D eigenvalue weighted by Gasteiger charge is 2.19. The monoisotopic (exact) mass is 351 g/mol. The summed E-state index contributed by atoms with van der Waals surface area (Å²) in [6.07, 6.45) is 2.51. The van der Waals surface area contributed by atoms with Crippen molar-refractivity contribution in [1.82, 2.24) is 5.32 Å². The molecule has 3 rings (SSSR count). The Kier molecular flexibility index (Phi) is 5.31. The number of carbonyl (C=O) groups excluding carboxylic acids is 3. The van der Waals surface area contributed by atoms with E-state index in [1.807, 2.05) is 6.07 Å². The lowest BCUT2D eigenvalue weighted by Crippen LogP contribution is -2.35. The Hall–Kier alpha value is -3.15. The number of nitrogens with two attached hydrogens (primary N) is 1. The van der Waals surface area contributed by atoms with Gasteiger partial charge in [0, 0.05) is 36.3 Å². The highest BCUT2D eigenvalue weighted by molar-refractivity contribution is 5.97. The summed E-state index contributed by atoms with van der Waals surface area (Å²) < 4.78 is 0. The van der Waals surface area contributed by atoms with E-state index in [-0.39, 0.29) is 11.8 Å². The van der Waals surface area contributed by atoms with Gasteiger partial charge in [-0.05, 0) is 54.8 Å². The van der Waals surface area contributed by atoms with Crippen LogP contribution in [0.2, 0.25) is 0 Å². The first-order valence-electron chi connectivity index (χ1n) is 8.62. The van der Waals surface area contributed by atoms with E-state index in [9.17, 15) is 14.4 Å². The minimum absolute atomic E-state index is 0.128. The van der Waals surface area contributed by atoms with Crippen LogP contribution in [0, 0.1) is 0 Å². The number of rotatable bonds is 5. The Balaban J connectivity index is 1.62. The summed E-state index contributed by atoms with van der Waals surface area (Å²) in [5, 5.41) is 2.82. The number of amides is 3. The molecule has 1 saturated heterocycles. The van der Waals surface area contributed by atoms with Crippen LogP contribution in [0.15, 0.2) is 48.5 Å². The molecule has 0 unspecified atom stereocenters. The predicted molar refractivity (Wildman–Crippen MR) is 98.8 cm³/mol. The lowest BCUT2D eigenvalue weighted by Gasteiger charge is -2.26. The van der Waals surface area contributed by atoms with Gasteiger partial charge in [-0.1, -0.05) is 12.1 Å². The zero-order valence-electron chi connectivity index (χ0n) is 14.4. The molecule has 3 N–H and O–H groups in total. The van der Waals surface area contributed by atoms with Crippen molar-refractivity contribution in [2.75, 3.05) is 11.4 Å². The van der Waals surface area contributed by atoms with E-state index in [1.165, 1.54) is 0 Å². The van der Waals surface area contributed by atoms with Gasteiger partial charge in [0.15, 0.2) is 0 Å². The molecule has 2 aromatic carbocycles. The molecule has 0 bridgehead atoms. The SMILES string of the molecule is NC(=O)c1cccc(CNC(=O)c2ccc(N3CCCCC3=O)cc2)c1. The number of nitrogens with zero attached hydrogens (tertiary/aromatic N) is 1. The van der Waals surface area contributed by atoms with Crippen molar-refractivity contribution in [3.63, 3.8) is 0 Å². The maximum atomic E-state index is 12.3. The molecule has 6 nitrogen and oxygen atoms in total. The van der Waals surface area contributed by atoms with Crippen LogP contribution in [0.1, 0.15) is 45.5 Å². The number of benzene rings is 2. The fraction of sp³-hybridized carbons (Fsp3) is 0.250. The molecule has 134 valence electrons. The lowest BCUT2D eigenvalue weighted by molar-refractivity contribution is -0.119. The lowest BCUT2D eigenvalue weighted by atomic mass is 10.1. The van der Waals surface area contributed by atoms with E-state index in [1.54, 1.807) is 47.4 Å². The second kappa shape index (κ2) is 7.82. The number of piperidine rings is 1. The van der Waals surface area contributed by atoms with Gasteiger partial charge >= 0.3 is 0 Å². The molecule has 1 aliphatic rings. The number of primary amides is 1. The van der Waals surface area contributed by atoms with Gasteiger partial charge in [-0.25, -0.2) is 0 Å². The first kappa shape index (κ1) is 17.7. The van der Waals surface area contributed by atoms with Gasteiger partial charge in [0.05, 0.1) is 0 Å². The minimum Gasteiger partial charge on any atom is -0.366 e. The summed E-state index contributed by atoms with van der Waals surface area (Å²) in [6.45, 7) is 1.02. The summed E-state index contributed by atoms with van der Waals surface area (Å²) >= 11 is 0. The molecule has 0 aromatic heterocycles. The maximum Gasteiger partial charge on any atom is 0.251 e. The Morgan fingerprint density at radius 3 is 2.50 bits per heavy atom. The quantitative estimate of drug-likeness (QED) is 0.865. The van der Waals surface area contributed by atoms with Crippen LogP contribution in [-0.4, -0.2) is 24.3 Å². The van der Waals surface area contributed by atoms with Gasteiger partial charge in [0.1, 0.15) is 0 Å². The molecular formula is C20H21N3O3. The van der Waals surface area contributed by atoms with Crippen LogP contribution < -0.4 is 16.0 Å². The molecule has 0 atom stereocenters. The average molecular weight is 351 g/mol. The number of hydrogen-bond donors (Lipinski definition) is 2. The third-order valence-electron chi connectivity index (χ3n) is 4.43. The van der Waals surface area contributed by atoms with Gasteiger partial charge in [-0.3, -0.25) is 14.4 Å². The van der Waals surface area contributed by atoms with Crippen LogP contribution >= 0.6 is 0 Å². The van der Waals surface area contributed by atoms with E-state index in [0.29, 0.717) is 24.1 Å². The fourth-order valence-corrected chi connectivity index (χ4v) is 2.99. The average Bonchev–Trinajstić information content (AvgIpc) is 2.67. The summed E-state index contributed by atoms with van der Waals surface area (Å²) in [6, 6.07) is 13.9. The van der Waals surface area contributed by atoms with Crippen molar-refractivity contribution < 1.29 is 14.4 Å². The van der Waals surface area contributed by atoms with E-state index in [4.69, 9.17) is 5.73 Å². The van der Waals surface area contributed by atoms with Crippen molar-refractivity contribution in [3.8, 4) is 0 Å². The number of carbonyl (C=O) groups is 3. The van der Waals surface area contributed by atoms with Crippen molar-refractivity contribution in [2.24, 2.45) is 5.73 Å².